The lowest BCUT2D eigenvalue weighted by atomic mass is 9.78. The Balaban J connectivity index is 0.00000243. The normalized spacial score (nSPS) is 20.5. The first kappa shape index (κ1) is 21.8. The van der Waals surface area contributed by atoms with Crippen molar-refractivity contribution in [2.75, 3.05) is 32.8 Å². The lowest BCUT2D eigenvalue weighted by Crippen LogP contribution is -2.52. The summed E-state index contributed by atoms with van der Waals surface area (Å²) in [6.45, 7) is 3.27. The molecule has 0 bridgehead atoms. The van der Waals surface area contributed by atoms with E-state index in [1.54, 1.807) is 0 Å². The summed E-state index contributed by atoms with van der Waals surface area (Å²) in [5.41, 5.74) is 6.66. The van der Waals surface area contributed by atoms with Gasteiger partial charge >= 0.3 is 0 Å². The summed E-state index contributed by atoms with van der Waals surface area (Å²) in [6.07, 6.45) is 4.37. The fourth-order valence-corrected chi connectivity index (χ4v) is 4.34. The molecule has 2 saturated heterocycles. The van der Waals surface area contributed by atoms with Crippen molar-refractivity contribution in [1.29, 1.82) is 0 Å². The number of amides is 1. The summed E-state index contributed by atoms with van der Waals surface area (Å²) in [4.78, 5) is 15.0. The first-order chi connectivity index (χ1) is 12.0. The van der Waals surface area contributed by atoms with Crippen molar-refractivity contribution in [2.24, 2.45) is 17.1 Å². The molecule has 2 aliphatic heterocycles. The molecule has 1 amide bonds. The van der Waals surface area contributed by atoms with E-state index in [1.165, 1.54) is 0 Å². The van der Waals surface area contributed by atoms with E-state index >= 15 is 0 Å². The summed E-state index contributed by atoms with van der Waals surface area (Å²) < 4.78 is 5.42. The first-order valence-corrected chi connectivity index (χ1v) is 9.81. The molecule has 1 aromatic rings. The zero-order valence-corrected chi connectivity index (χ0v) is 17.2. The highest BCUT2D eigenvalue weighted by Crippen LogP contribution is 2.34. The van der Waals surface area contributed by atoms with Crippen LogP contribution in [0.5, 0.6) is 0 Å². The second-order valence-corrected chi connectivity index (χ2v) is 8.12. The Morgan fingerprint density at radius 3 is 2.50 bits per heavy atom. The second kappa shape index (κ2) is 9.61. The Hall–Kier alpha value is -0.520. The van der Waals surface area contributed by atoms with Gasteiger partial charge in [0, 0.05) is 42.9 Å². The summed E-state index contributed by atoms with van der Waals surface area (Å²) in [6, 6.07) is 5.62. The molecule has 0 aromatic heterocycles. The molecule has 146 valence electrons. The van der Waals surface area contributed by atoms with Gasteiger partial charge in [-0.25, -0.2) is 0 Å². The highest BCUT2D eigenvalue weighted by Gasteiger charge is 2.42. The largest absolute Gasteiger partial charge is 0.381 e. The molecule has 0 aliphatic carbocycles. The molecule has 0 saturated carbocycles. The van der Waals surface area contributed by atoms with Gasteiger partial charge in [-0.05, 0) is 61.8 Å². The van der Waals surface area contributed by atoms with Crippen LogP contribution in [0.2, 0.25) is 10.0 Å². The molecule has 4 nitrogen and oxygen atoms in total. The number of likely N-dealkylation sites (tertiary alicyclic amines) is 1. The maximum Gasteiger partial charge on any atom is 0.230 e. The minimum atomic E-state index is -0.415. The van der Waals surface area contributed by atoms with E-state index < -0.39 is 5.41 Å². The average Bonchev–Trinajstić information content (AvgIpc) is 2.65. The van der Waals surface area contributed by atoms with Crippen molar-refractivity contribution in [3.8, 4) is 0 Å². The molecule has 2 heterocycles. The van der Waals surface area contributed by atoms with Gasteiger partial charge in [-0.2, -0.15) is 0 Å². The van der Waals surface area contributed by atoms with Crippen LogP contribution in [0.1, 0.15) is 31.2 Å². The summed E-state index contributed by atoms with van der Waals surface area (Å²) in [5.74, 6) is 0.751. The number of rotatable bonds is 4. The number of carbonyl (C=O) groups is 1. The van der Waals surface area contributed by atoms with Crippen LogP contribution < -0.4 is 5.73 Å². The molecular formula is C19H27Cl3N2O2. The zero-order chi connectivity index (χ0) is 17.9. The monoisotopic (exact) mass is 420 g/mol. The molecule has 0 unspecified atom stereocenters. The first-order valence-electron chi connectivity index (χ1n) is 9.05. The lowest BCUT2D eigenvalue weighted by molar-refractivity contribution is -0.148. The number of hydrogen-bond acceptors (Lipinski definition) is 3. The Morgan fingerprint density at radius 1 is 1.23 bits per heavy atom. The third-order valence-corrected chi connectivity index (χ3v) is 6.32. The van der Waals surface area contributed by atoms with Crippen molar-refractivity contribution in [3.63, 3.8) is 0 Å². The number of benzene rings is 1. The maximum absolute atomic E-state index is 13.0. The van der Waals surface area contributed by atoms with Gasteiger partial charge in [-0.1, -0.05) is 23.2 Å². The van der Waals surface area contributed by atoms with Crippen LogP contribution in [0.3, 0.4) is 0 Å². The van der Waals surface area contributed by atoms with Crippen molar-refractivity contribution in [1.82, 2.24) is 4.90 Å². The van der Waals surface area contributed by atoms with E-state index in [4.69, 9.17) is 33.7 Å². The predicted molar refractivity (Wildman–Crippen MR) is 108 cm³/mol. The standard InChI is InChI=1S/C19H26Cl2N2O2.ClH/c20-16-1-2-17(21)15(12-16)11-14-3-7-23(8-4-14)18(24)19(13-22)5-9-25-10-6-19;/h1-2,12,14H,3-11,13,22H2;1H. The van der Waals surface area contributed by atoms with Crippen molar-refractivity contribution in [2.45, 2.75) is 32.1 Å². The smallest absolute Gasteiger partial charge is 0.230 e. The fourth-order valence-electron chi connectivity index (χ4n) is 3.95. The van der Waals surface area contributed by atoms with Gasteiger partial charge < -0.3 is 15.4 Å². The minimum absolute atomic E-state index is 0. The fraction of sp³-hybridized carbons (Fsp3) is 0.632. The summed E-state index contributed by atoms with van der Waals surface area (Å²) >= 11 is 12.4. The maximum atomic E-state index is 13.0. The van der Waals surface area contributed by atoms with E-state index in [0.29, 0.717) is 25.7 Å². The second-order valence-electron chi connectivity index (χ2n) is 7.27. The molecule has 2 N–H and O–H groups in total. The topological polar surface area (TPSA) is 55.6 Å². The molecule has 3 rings (SSSR count). The summed E-state index contributed by atoms with van der Waals surface area (Å²) in [7, 11) is 0. The van der Waals surface area contributed by atoms with Crippen LogP contribution in [-0.2, 0) is 16.0 Å². The Bertz CT molecular complexity index is 613. The van der Waals surface area contributed by atoms with E-state index in [0.717, 1.165) is 60.8 Å². The van der Waals surface area contributed by atoms with Gasteiger partial charge in [-0.3, -0.25) is 4.79 Å². The van der Waals surface area contributed by atoms with Gasteiger partial charge in [0.2, 0.25) is 5.91 Å². The number of piperidine rings is 1. The van der Waals surface area contributed by atoms with Crippen LogP contribution in [0.4, 0.5) is 0 Å². The van der Waals surface area contributed by atoms with E-state index in [-0.39, 0.29) is 18.3 Å². The van der Waals surface area contributed by atoms with Crippen molar-refractivity contribution < 1.29 is 9.53 Å². The van der Waals surface area contributed by atoms with Gasteiger partial charge in [0.15, 0.2) is 0 Å². The number of nitrogens with two attached hydrogens (primary N) is 1. The SMILES string of the molecule is Cl.NCC1(C(=O)N2CCC(Cc3cc(Cl)ccc3Cl)CC2)CCOCC1. The molecule has 2 fully saturated rings. The third kappa shape index (κ3) is 4.85. The quantitative estimate of drug-likeness (QED) is 0.801. The van der Waals surface area contributed by atoms with Crippen molar-refractivity contribution in [3.05, 3.63) is 33.8 Å². The molecule has 26 heavy (non-hydrogen) atoms. The Labute approximate surface area is 171 Å². The zero-order valence-electron chi connectivity index (χ0n) is 14.9. The molecule has 0 atom stereocenters. The van der Waals surface area contributed by atoms with E-state index in [1.807, 2.05) is 23.1 Å². The Kier molecular flexibility index (Phi) is 8.05. The minimum Gasteiger partial charge on any atom is -0.381 e. The lowest BCUT2D eigenvalue weighted by Gasteiger charge is -2.41. The van der Waals surface area contributed by atoms with Crippen LogP contribution in [0.15, 0.2) is 18.2 Å². The molecular weight excluding hydrogens is 395 g/mol. The molecule has 0 spiro atoms. The molecule has 1 aromatic carbocycles. The van der Waals surface area contributed by atoms with Gasteiger partial charge in [0.1, 0.15) is 0 Å². The number of nitrogens with zero attached hydrogens (tertiary/aromatic N) is 1. The number of hydrogen-bond donors (Lipinski definition) is 1. The van der Waals surface area contributed by atoms with Crippen LogP contribution in [0.25, 0.3) is 0 Å². The summed E-state index contributed by atoms with van der Waals surface area (Å²) in [5, 5.41) is 1.49. The number of carbonyl (C=O) groups excluding carboxylic acids is 1. The van der Waals surface area contributed by atoms with Crippen LogP contribution in [0, 0.1) is 11.3 Å². The average molecular weight is 422 g/mol. The molecule has 2 aliphatic rings. The third-order valence-electron chi connectivity index (χ3n) is 5.71. The number of halogens is 3. The number of ether oxygens (including phenoxy) is 1. The van der Waals surface area contributed by atoms with Crippen molar-refractivity contribution >= 4 is 41.5 Å². The van der Waals surface area contributed by atoms with Gasteiger partial charge in [0.05, 0.1) is 5.41 Å². The van der Waals surface area contributed by atoms with Crippen LogP contribution in [-0.4, -0.2) is 43.7 Å². The van der Waals surface area contributed by atoms with Crippen LogP contribution >= 0.6 is 35.6 Å². The van der Waals surface area contributed by atoms with Gasteiger partial charge in [0.25, 0.3) is 0 Å². The predicted octanol–water partition coefficient (Wildman–Crippen LogP) is 3.95. The van der Waals surface area contributed by atoms with E-state index in [9.17, 15) is 4.79 Å². The highest BCUT2D eigenvalue weighted by molar-refractivity contribution is 6.33. The van der Waals surface area contributed by atoms with Gasteiger partial charge in [-0.15, -0.1) is 12.4 Å². The van der Waals surface area contributed by atoms with E-state index in [2.05, 4.69) is 0 Å². The molecule has 7 heteroatoms. The molecule has 0 radical (unpaired) electrons. The highest BCUT2D eigenvalue weighted by atomic mass is 35.5. The Morgan fingerprint density at radius 2 is 1.88 bits per heavy atom.